The van der Waals surface area contributed by atoms with E-state index in [2.05, 4.69) is 29.6 Å². The summed E-state index contributed by atoms with van der Waals surface area (Å²) in [6.45, 7) is 0. The summed E-state index contributed by atoms with van der Waals surface area (Å²) in [6, 6.07) is 5.72. The van der Waals surface area contributed by atoms with Crippen LogP contribution in [0.4, 0.5) is 0 Å². The van der Waals surface area contributed by atoms with Crippen molar-refractivity contribution in [3.63, 3.8) is 0 Å². The van der Waals surface area contributed by atoms with Gasteiger partial charge in [0.05, 0.1) is 6.20 Å². The van der Waals surface area contributed by atoms with E-state index in [4.69, 9.17) is 0 Å². The Morgan fingerprint density at radius 1 is 0.762 bits per heavy atom. The lowest BCUT2D eigenvalue weighted by Crippen LogP contribution is -1.60. The van der Waals surface area contributed by atoms with Gasteiger partial charge in [-0.1, -0.05) is 12.1 Å². The van der Waals surface area contributed by atoms with E-state index in [0.29, 0.717) is 0 Å². The van der Waals surface area contributed by atoms with Crippen molar-refractivity contribution < 1.29 is 4.42 Å². The summed E-state index contributed by atoms with van der Waals surface area (Å²) in [5, 5.41) is 7.06. The average molecular weight is 283 g/mol. The smallest absolute Gasteiger partial charge is 0.180 e. The number of nitrogens with zero attached hydrogens (tertiary/aromatic N) is 5. The molecule has 0 aliphatic carbocycles. The van der Waals surface area contributed by atoms with Crippen LogP contribution in [0.3, 0.4) is 0 Å². The predicted octanol–water partition coefficient (Wildman–Crippen LogP) is 3.18. The molecule has 2 aromatic rings. The molecular weight excluding hydrogens is 266 g/mol. The molecule has 0 aromatic carbocycles. The molecule has 0 atom stereocenters. The first kappa shape index (κ1) is 16.2. The normalized spacial score (nSPS) is 12.6. The van der Waals surface area contributed by atoms with Crippen LogP contribution in [0.5, 0.6) is 0 Å². The molecule has 0 spiro atoms. The lowest BCUT2D eigenvalue weighted by molar-refractivity contribution is 0.558. The topological polar surface area (TPSA) is 76.0 Å². The van der Waals surface area contributed by atoms with Crippen LogP contribution >= 0.6 is 0 Å². The van der Waals surface area contributed by atoms with Crippen molar-refractivity contribution in [1.29, 1.82) is 0 Å². The fraction of sp³-hybridized carbons (Fsp3) is 0.133. The summed E-state index contributed by atoms with van der Waals surface area (Å²) in [5.74, 6) is 0. The highest BCUT2D eigenvalue weighted by atomic mass is 16.3. The first-order chi connectivity index (χ1) is 10.5. The molecule has 0 unspecified atom stereocenters. The molecule has 4 heterocycles. The van der Waals surface area contributed by atoms with E-state index in [9.17, 15) is 0 Å². The molecule has 0 fully saturated rings. The van der Waals surface area contributed by atoms with E-state index in [-0.39, 0.29) is 0 Å². The van der Waals surface area contributed by atoms with Crippen molar-refractivity contribution in [2.45, 2.75) is 12.8 Å². The number of rotatable bonds is 0. The van der Waals surface area contributed by atoms with E-state index in [1.54, 1.807) is 37.2 Å². The van der Waals surface area contributed by atoms with Gasteiger partial charge < -0.3 is 4.42 Å². The van der Waals surface area contributed by atoms with Gasteiger partial charge in [-0.15, -0.1) is 0 Å². The van der Waals surface area contributed by atoms with Crippen molar-refractivity contribution in [2.75, 3.05) is 0 Å². The molecule has 0 radical (unpaired) electrons. The predicted molar refractivity (Wildman–Crippen MR) is 84.6 cm³/mol. The van der Waals surface area contributed by atoms with Gasteiger partial charge in [-0.3, -0.25) is 9.98 Å². The van der Waals surface area contributed by atoms with E-state index in [0.717, 1.165) is 12.8 Å². The maximum atomic E-state index is 4.47. The van der Waals surface area contributed by atoms with Crippen molar-refractivity contribution in [3.05, 3.63) is 61.7 Å². The number of pyridine rings is 1. The minimum Gasteiger partial charge on any atom is -0.452 e. The Kier molecular flexibility index (Phi) is 10.4. The molecule has 21 heavy (non-hydrogen) atoms. The van der Waals surface area contributed by atoms with Crippen LogP contribution in [-0.2, 0) is 0 Å². The maximum absolute atomic E-state index is 4.47. The fourth-order valence-corrected chi connectivity index (χ4v) is 1.03. The van der Waals surface area contributed by atoms with Crippen molar-refractivity contribution in [3.8, 4) is 0 Å². The molecule has 0 N–H and O–H groups in total. The molecule has 6 heteroatoms. The Labute approximate surface area is 123 Å². The maximum Gasteiger partial charge on any atom is 0.180 e. The van der Waals surface area contributed by atoms with Crippen LogP contribution in [0.1, 0.15) is 12.8 Å². The minimum atomic E-state index is 0.917. The van der Waals surface area contributed by atoms with Gasteiger partial charge in [-0.25, -0.2) is 4.98 Å². The standard InChI is InChI=1S/C5H5N.C4H5N.C3H4N2.C3H3NO/c1-2-4-6-5-3-1;2*1-2-4-5-3-1;1-2-5-3-4-1/h1-5H;1,3-4H,2H2;2-3H,1H2;1-3H. The highest BCUT2D eigenvalue weighted by Crippen LogP contribution is 1.86. The summed E-state index contributed by atoms with van der Waals surface area (Å²) in [7, 11) is 0. The zero-order valence-electron chi connectivity index (χ0n) is 11.6. The highest BCUT2D eigenvalue weighted by Gasteiger charge is 1.75. The molecular formula is C15H17N5O. The van der Waals surface area contributed by atoms with Gasteiger partial charge in [0.15, 0.2) is 6.39 Å². The second-order valence-electron chi connectivity index (χ2n) is 3.48. The second-order valence-corrected chi connectivity index (χ2v) is 3.48. The van der Waals surface area contributed by atoms with Crippen molar-refractivity contribution in [2.24, 2.45) is 15.2 Å². The van der Waals surface area contributed by atoms with E-state index >= 15 is 0 Å². The summed E-state index contributed by atoms with van der Waals surface area (Å²) in [6.07, 6.45) is 19.1. The van der Waals surface area contributed by atoms with Gasteiger partial charge in [0.2, 0.25) is 0 Å². The van der Waals surface area contributed by atoms with Gasteiger partial charge in [0.25, 0.3) is 0 Å². The Bertz CT molecular complexity index is 447. The van der Waals surface area contributed by atoms with Crippen LogP contribution in [0, 0.1) is 0 Å². The lowest BCUT2D eigenvalue weighted by atomic mass is 10.5. The summed E-state index contributed by atoms with van der Waals surface area (Å²) in [4.78, 5) is 11.1. The summed E-state index contributed by atoms with van der Waals surface area (Å²) >= 11 is 0. The number of allylic oxidation sites excluding steroid dienone is 1. The SMILES string of the molecule is C1=CN=CC1.C1=NN=CC1.c1ccncc1.c1cocn1. The first-order valence-corrected chi connectivity index (χ1v) is 6.37. The van der Waals surface area contributed by atoms with Crippen molar-refractivity contribution >= 4 is 18.6 Å². The number of hydrogen-bond donors (Lipinski definition) is 0. The molecule has 0 saturated heterocycles. The second kappa shape index (κ2) is 13.5. The molecule has 0 saturated carbocycles. The largest absolute Gasteiger partial charge is 0.452 e. The Morgan fingerprint density at radius 2 is 1.57 bits per heavy atom. The molecule has 4 rings (SSSR count). The number of hydrogen-bond acceptors (Lipinski definition) is 6. The number of aliphatic imine (C=N–C) groups is 1. The third-order valence-corrected chi connectivity index (χ3v) is 1.89. The van der Waals surface area contributed by atoms with Gasteiger partial charge in [0.1, 0.15) is 6.26 Å². The van der Waals surface area contributed by atoms with Crippen LogP contribution < -0.4 is 0 Å². The van der Waals surface area contributed by atoms with Crippen LogP contribution in [0.15, 0.2) is 81.3 Å². The zero-order chi connectivity index (χ0) is 14.8. The highest BCUT2D eigenvalue weighted by molar-refractivity contribution is 5.82. The molecule has 2 aromatic heterocycles. The van der Waals surface area contributed by atoms with Gasteiger partial charge in [-0.05, 0) is 12.1 Å². The molecule has 2 aliphatic heterocycles. The quantitative estimate of drug-likeness (QED) is 0.745. The minimum absolute atomic E-state index is 0.917. The van der Waals surface area contributed by atoms with E-state index < -0.39 is 0 Å². The zero-order valence-corrected chi connectivity index (χ0v) is 11.6. The van der Waals surface area contributed by atoms with Crippen molar-refractivity contribution in [1.82, 2.24) is 9.97 Å². The number of oxazole rings is 1. The van der Waals surface area contributed by atoms with Gasteiger partial charge >= 0.3 is 0 Å². The fourth-order valence-electron chi connectivity index (χ4n) is 1.03. The Balaban J connectivity index is 0.000000140. The molecule has 6 nitrogen and oxygen atoms in total. The van der Waals surface area contributed by atoms with Gasteiger partial charge in [-0.2, -0.15) is 10.2 Å². The first-order valence-electron chi connectivity index (χ1n) is 6.37. The molecule has 108 valence electrons. The lowest BCUT2D eigenvalue weighted by Gasteiger charge is -1.70. The molecule has 0 bridgehead atoms. The Hall–Kier alpha value is -2.89. The summed E-state index contributed by atoms with van der Waals surface area (Å²) in [5.41, 5.74) is 0. The average Bonchev–Trinajstić information content (AvgIpc) is 3.38. The Morgan fingerprint density at radius 3 is 1.76 bits per heavy atom. The van der Waals surface area contributed by atoms with Gasteiger partial charge in [0, 0.05) is 50.1 Å². The van der Waals surface area contributed by atoms with Crippen LogP contribution in [0.2, 0.25) is 0 Å². The molecule has 2 aliphatic rings. The van der Waals surface area contributed by atoms with Crippen LogP contribution in [-0.4, -0.2) is 28.6 Å². The summed E-state index contributed by atoms with van der Waals surface area (Å²) < 4.78 is 4.47. The van der Waals surface area contributed by atoms with Crippen LogP contribution in [0.25, 0.3) is 0 Å². The van der Waals surface area contributed by atoms with E-state index in [1.807, 2.05) is 30.5 Å². The van der Waals surface area contributed by atoms with E-state index in [1.165, 1.54) is 12.7 Å². The third kappa shape index (κ3) is 11.9. The monoisotopic (exact) mass is 283 g/mol. The third-order valence-electron chi connectivity index (χ3n) is 1.89. The number of aromatic nitrogens is 2. The molecule has 0 amide bonds.